The molecule has 0 spiro atoms. The van der Waals surface area contributed by atoms with Gasteiger partial charge in [-0.3, -0.25) is 0 Å². The number of hydrogen-bond donors (Lipinski definition) is 2. The van der Waals surface area contributed by atoms with E-state index < -0.39 is 0 Å². The molecule has 0 radical (unpaired) electrons. The third-order valence-corrected chi connectivity index (χ3v) is 5.72. The molecule has 3 nitrogen and oxygen atoms in total. The third-order valence-electron chi connectivity index (χ3n) is 5.72. The standard InChI is InChI=1S/C25H28N2O/c1-28-23-15-9-8-14-21(23)18-27-25-22(19-10-4-2-5-11-19)16-17-26-24(25)20-12-6-3-7-13-20/h2-15,22,24-27H,16-18H2,1H3. The summed E-state index contributed by atoms with van der Waals surface area (Å²) in [5, 5.41) is 7.62. The molecule has 0 amide bonds. The molecule has 0 bridgehead atoms. The van der Waals surface area contributed by atoms with E-state index in [1.54, 1.807) is 7.11 Å². The Morgan fingerprint density at radius 3 is 2.21 bits per heavy atom. The molecule has 3 heteroatoms. The monoisotopic (exact) mass is 372 g/mol. The summed E-state index contributed by atoms with van der Waals surface area (Å²) >= 11 is 0. The van der Waals surface area contributed by atoms with Gasteiger partial charge in [0.15, 0.2) is 0 Å². The zero-order valence-corrected chi connectivity index (χ0v) is 16.3. The van der Waals surface area contributed by atoms with Crippen LogP contribution in [0.1, 0.15) is 35.1 Å². The molecule has 144 valence electrons. The lowest BCUT2D eigenvalue weighted by atomic mass is 9.79. The zero-order valence-electron chi connectivity index (χ0n) is 16.3. The first-order valence-corrected chi connectivity index (χ1v) is 10.1. The van der Waals surface area contributed by atoms with Crippen LogP contribution in [0.5, 0.6) is 5.75 Å². The highest BCUT2D eigenvalue weighted by Crippen LogP contribution is 2.35. The molecule has 1 saturated heterocycles. The predicted molar refractivity (Wildman–Crippen MR) is 115 cm³/mol. The fourth-order valence-corrected chi connectivity index (χ4v) is 4.33. The van der Waals surface area contributed by atoms with E-state index in [4.69, 9.17) is 4.74 Å². The molecule has 0 saturated carbocycles. The van der Waals surface area contributed by atoms with Crippen LogP contribution in [0, 0.1) is 0 Å². The van der Waals surface area contributed by atoms with Gasteiger partial charge in [0.05, 0.1) is 7.11 Å². The van der Waals surface area contributed by atoms with E-state index in [0.717, 1.165) is 25.3 Å². The Hall–Kier alpha value is -2.62. The SMILES string of the molecule is COc1ccccc1CNC1C(c2ccccc2)CCNC1c1ccccc1. The van der Waals surface area contributed by atoms with E-state index in [9.17, 15) is 0 Å². The van der Waals surface area contributed by atoms with Gasteiger partial charge < -0.3 is 15.4 Å². The van der Waals surface area contributed by atoms with E-state index in [2.05, 4.69) is 83.4 Å². The average molecular weight is 373 g/mol. The molecule has 0 aromatic heterocycles. The molecule has 28 heavy (non-hydrogen) atoms. The van der Waals surface area contributed by atoms with Crippen molar-refractivity contribution in [3.8, 4) is 5.75 Å². The highest BCUT2D eigenvalue weighted by atomic mass is 16.5. The largest absolute Gasteiger partial charge is 0.496 e. The molecule has 1 fully saturated rings. The minimum atomic E-state index is 0.273. The van der Waals surface area contributed by atoms with Crippen molar-refractivity contribution in [3.05, 3.63) is 102 Å². The van der Waals surface area contributed by atoms with Gasteiger partial charge in [0, 0.05) is 30.1 Å². The lowest BCUT2D eigenvalue weighted by Gasteiger charge is -2.40. The predicted octanol–water partition coefficient (Wildman–Crippen LogP) is 4.67. The molecule has 3 aromatic rings. The number of ether oxygens (including phenoxy) is 1. The minimum Gasteiger partial charge on any atom is -0.496 e. The van der Waals surface area contributed by atoms with Crippen LogP contribution in [-0.2, 0) is 6.54 Å². The summed E-state index contributed by atoms with van der Waals surface area (Å²) in [6.45, 7) is 1.80. The van der Waals surface area contributed by atoms with Crippen LogP contribution in [0.3, 0.4) is 0 Å². The molecular weight excluding hydrogens is 344 g/mol. The van der Waals surface area contributed by atoms with Crippen molar-refractivity contribution in [2.24, 2.45) is 0 Å². The Bertz CT molecular complexity index is 818. The van der Waals surface area contributed by atoms with Crippen LogP contribution in [-0.4, -0.2) is 19.7 Å². The van der Waals surface area contributed by atoms with Crippen LogP contribution in [0.15, 0.2) is 84.9 Å². The summed E-state index contributed by atoms with van der Waals surface area (Å²) in [5.41, 5.74) is 3.93. The number of methoxy groups -OCH3 is 1. The molecule has 2 N–H and O–H groups in total. The smallest absolute Gasteiger partial charge is 0.123 e. The van der Waals surface area contributed by atoms with Crippen molar-refractivity contribution in [1.29, 1.82) is 0 Å². The molecule has 1 aliphatic heterocycles. The second-order valence-electron chi connectivity index (χ2n) is 7.37. The average Bonchev–Trinajstić information content (AvgIpc) is 2.79. The van der Waals surface area contributed by atoms with E-state index >= 15 is 0 Å². The maximum Gasteiger partial charge on any atom is 0.123 e. The van der Waals surface area contributed by atoms with Crippen molar-refractivity contribution < 1.29 is 4.74 Å². The quantitative estimate of drug-likeness (QED) is 0.660. The Kier molecular flexibility index (Phi) is 6.05. The number of nitrogens with one attached hydrogen (secondary N) is 2. The third kappa shape index (κ3) is 4.11. The molecular formula is C25H28N2O. The van der Waals surface area contributed by atoms with Crippen LogP contribution in [0.2, 0.25) is 0 Å². The van der Waals surface area contributed by atoms with E-state index in [1.165, 1.54) is 16.7 Å². The maximum atomic E-state index is 5.55. The summed E-state index contributed by atoms with van der Waals surface area (Å²) in [6.07, 6.45) is 1.12. The highest BCUT2D eigenvalue weighted by Gasteiger charge is 2.34. The van der Waals surface area contributed by atoms with Gasteiger partial charge in [0.1, 0.15) is 5.75 Å². The van der Waals surface area contributed by atoms with Gasteiger partial charge in [0.2, 0.25) is 0 Å². The molecule has 3 aromatic carbocycles. The summed E-state index contributed by atoms with van der Waals surface area (Å²) in [5.74, 6) is 1.40. The molecule has 3 unspecified atom stereocenters. The van der Waals surface area contributed by atoms with Crippen LogP contribution in [0.4, 0.5) is 0 Å². The molecule has 4 rings (SSSR count). The summed E-state index contributed by atoms with van der Waals surface area (Å²) in [7, 11) is 1.74. The number of hydrogen-bond acceptors (Lipinski definition) is 3. The molecule has 3 atom stereocenters. The lowest BCUT2D eigenvalue weighted by molar-refractivity contribution is 0.267. The van der Waals surface area contributed by atoms with Crippen molar-refractivity contribution >= 4 is 0 Å². The number of piperidine rings is 1. The van der Waals surface area contributed by atoms with Gasteiger partial charge in [0.25, 0.3) is 0 Å². The Morgan fingerprint density at radius 1 is 0.857 bits per heavy atom. The Labute approximate surface area is 167 Å². The van der Waals surface area contributed by atoms with Crippen LogP contribution in [0.25, 0.3) is 0 Å². The number of para-hydroxylation sites is 1. The first kappa shape index (κ1) is 18.7. The van der Waals surface area contributed by atoms with Gasteiger partial charge in [-0.1, -0.05) is 78.9 Å². The van der Waals surface area contributed by atoms with Crippen molar-refractivity contribution in [3.63, 3.8) is 0 Å². The summed E-state index contributed by atoms with van der Waals surface area (Å²) in [6, 6.07) is 30.5. The molecule has 1 heterocycles. The number of rotatable bonds is 6. The second-order valence-corrected chi connectivity index (χ2v) is 7.37. The van der Waals surface area contributed by atoms with Crippen LogP contribution >= 0.6 is 0 Å². The van der Waals surface area contributed by atoms with Crippen LogP contribution < -0.4 is 15.4 Å². The van der Waals surface area contributed by atoms with Crippen molar-refractivity contribution in [1.82, 2.24) is 10.6 Å². The van der Waals surface area contributed by atoms with E-state index in [0.29, 0.717) is 12.0 Å². The summed E-state index contributed by atoms with van der Waals surface area (Å²) in [4.78, 5) is 0. The van der Waals surface area contributed by atoms with E-state index in [1.807, 2.05) is 12.1 Å². The topological polar surface area (TPSA) is 33.3 Å². The van der Waals surface area contributed by atoms with Gasteiger partial charge in [-0.15, -0.1) is 0 Å². The molecule has 1 aliphatic rings. The molecule has 0 aliphatic carbocycles. The highest BCUT2D eigenvalue weighted by molar-refractivity contribution is 5.34. The minimum absolute atomic E-state index is 0.273. The van der Waals surface area contributed by atoms with Gasteiger partial charge in [-0.25, -0.2) is 0 Å². The van der Waals surface area contributed by atoms with Gasteiger partial charge in [-0.05, 0) is 30.2 Å². The van der Waals surface area contributed by atoms with Crippen molar-refractivity contribution in [2.75, 3.05) is 13.7 Å². The van der Waals surface area contributed by atoms with E-state index in [-0.39, 0.29) is 6.04 Å². The van der Waals surface area contributed by atoms with Crippen molar-refractivity contribution in [2.45, 2.75) is 31.0 Å². The number of benzene rings is 3. The fraction of sp³-hybridized carbons (Fsp3) is 0.280. The van der Waals surface area contributed by atoms with Gasteiger partial charge in [-0.2, -0.15) is 0 Å². The van der Waals surface area contributed by atoms with Gasteiger partial charge >= 0.3 is 0 Å². The Balaban J connectivity index is 1.63. The normalized spacial score (nSPS) is 22.0. The lowest BCUT2D eigenvalue weighted by Crippen LogP contribution is -2.50. The zero-order chi connectivity index (χ0) is 19.2. The second kappa shape index (κ2) is 9.05. The fourth-order valence-electron chi connectivity index (χ4n) is 4.33. The first-order chi connectivity index (χ1) is 13.9. The summed E-state index contributed by atoms with van der Waals surface area (Å²) < 4.78 is 5.55. The Morgan fingerprint density at radius 2 is 1.50 bits per heavy atom. The maximum absolute atomic E-state index is 5.55. The first-order valence-electron chi connectivity index (χ1n) is 10.1.